The lowest BCUT2D eigenvalue weighted by Gasteiger charge is -2.05. The zero-order valence-electron chi connectivity index (χ0n) is 12.2. The van der Waals surface area contributed by atoms with E-state index in [-0.39, 0.29) is 5.78 Å². The van der Waals surface area contributed by atoms with Gasteiger partial charge in [0.1, 0.15) is 5.69 Å². The molecule has 0 bridgehead atoms. The maximum atomic E-state index is 12.6. The topological polar surface area (TPSA) is 47.8 Å². The molecular formula is C17H17N3O. The van der Waals surface area contributed by atoms with Gasteiger partial charge in [0.2, 0.25) is 0 Å². The smallest absolute Gasteiger partial charge is 0.187 e. The number of benzene rings is 1. The number of aromatic nitrogens is 3. The first-order valence-corrected chi connectivity index (χ1v) is 7.07. The first-order chi connectivity index (χ1) is 10.2. The van der Waals surface area contributed by atoms with Crippen LogP contribution in [-0.2, 0) is 19.9 Å². The van der Waals surface area contributed by atoms with Crippen LogP contribution in [0.15, 0.2) is 42.6 Å². The Kier molecular flexibility index (Phi) is 3.52. The van der Waals surface area contributed by atoms with E-state index in [1.165, 1.54) is 0 Å². The highest BCUT2D eigenvalue weighted by atomic mass is 16.1. The van der Waals surface area contributed by atoms with Crippen molar-refractivity contribution in [3.05, 3.63) is 59.7 Å². The Bertz CT molecular complexity index is 799. The molecular weight excluding hydrogens is 262 g/mol. The third kappa shape index (κ3) is 2.57. The van der Waals surface area contributed by atoms with Crippen LogP contribution in [0.25, 0.3) is 10.8 Å². The highest BCUT2D eigenvalue weighted by Gasteiger charge is 2.15. The van der Waals surface area contributed by atoms with E-state index in [4.69, 9.17) is 0 Å². The Morgan fingerprint density at radius 1 is 1.24 bits per heavy atom. The van der Waals surface area contributed by atoms with Gasteiger partial charge < -0.3 is 0 Å². The minimum absolute atomic E-state index is 0.0254. The van der Waals surface area contributed by atoms with E-state index in [1.807, 2.05) is 43.4 Å². The predicted octanol–water partition coefficient (Wildman–Crippen LogP) is 2.96. The van der Waals surface area contributed by atoms with Gasteiger partial charge in [-0.1, -0.05) is 31.2 Å². The van der Waals surface area contributed by atoms with Crippen LogP contribution >= 0.6 is 0 Å². The number of fused-ring (bicyclic) bond motifs is 1. The molecule has 21 heavy (non-hydrogen) atoms. The number of aryl methyl sites for hydroxylation is 2. The Morgan fingerprint density at radius 3 is 2.81 bits per heavy atom. The molecule has 0 fully saturated rings. The molecule has 0 aliphatic rings. The Labute approximate surface area is 123 Å². The average Bonchev–Trinajstić information content (AvgIpc) is 2.87. The Morgan fingerprint density at radius 2 is 2.05 bits per heavy atom. The Hall–Kier alpha value is -2.49. The number of hydrogen-bond acceptors (Lipinski definition) is 3. The molecule has 4 heteroatoms. The van der Waals surface area contributed by atoms with Crippen molar-refractivity contribution in [2.75, 3.05) is 0 Å². The molecule has 0 atom stereocenters. The van der Waals surface area contributed by atoms with Gasteiger partial charge in [-0.25, -0.2) is 0 Å². The number of ketones is 1. The second-order valence-electron chi connectivity index (χ2n) is 5.08. The zero-order chi connectivity index (χ0) is 14.8. The van der Waals surface area contributed by atoms with Crippen molar-refractivity contribution in [3.8, 4) is 0 Å². The molecule has 2 aromatic heterocycles. The van der Waals surface area contributed by atoms with Gasteiger partial charge in [-0.3, -0.25) is 14.5 Å². The average molecular weight is 279 g/mol. The highest BCUT2D eigenvalue weighted by Crippen LogP contribution is 2.18. The number of hydrogen-bond donors (Lipinski definition) is 0. The number of rotatable bonds is 4. The molecule has 2 heterocycles. The molecule has 1 aromatic carbocycles. The number of pyridine rings is 1. The summed E-state index contributed by atoms with van der Waals surface area (Å²) in [6.45, 7) is 2.06. The normalized spacial score (nSPS) is 11.0. The number of Topliss-reactive ketones (excluding diaryl/α,β-unsaturated/α-hetero) is 1. The molecule has 106 valence electrons. The molecule has 3 aromatic rings. The molecule has 3 rings (SSSR count). The second-order valence-corrected chi connectivity index (χ2v) is 5.08. The van der Waals surface area contributed by atoms with Crippen molar-refractivity contribution in [3.63, 3.8) is 0 Å². The van der Waals surface area contributed by atoms with Crippen LogP contribution in [0.3, 0.4) is 0 Å². The molecule has 0 saturated heterocycles. The lowest BCUT2D eigenvalue weighted by atomic mass is 10.0. The number of carbonyl (C=O) groups is 1. The van der Waals surface area contributed by atoms with Gasteiger partial charge in [0.05, 0.1) is 12.1 Å². The maximum Gasteiger partial charge on any atom is 0.187 e. The fraction of sp³-hybridized carbons (Fsp3) is 0.235. The summed E-state index contributed by atoms with van der Waals surface area (Å²) < 4.78 is 1.78. The second kappa shape index (κ2) is 5.48. The van der Waals surface area contributed by atoms with Crippen molar-refractivity contribution < 1.29 is 4.79 Å². The van der Waals surface area contributed by atoms with Gasteiger partial charge >= 0.3 is 0 Å². The van der Waals surface area contributed by atoms with Gasteiger partial charge in [0, 0.05) is 24.3 Å². The van der Waals surface area contributed by atoms with E-state index in [1.54, 1.807) is 10.9 Å². The minimum Gasteiger partial charge on any atom is -0.292 e. The van der Waals surface area contributed by atoms with E-state index in [9.17, 15) is 4.79 Å². The predicted molar refractivity (Wildman–Crippen MR) is 82.4 cm³/mol. The lowest BCUT2D eigenvalue weighted by molar-refractivity contribution is 0.0988. The summed E-state index contributed by atoms with van der Waals surface area (Å²) in [6, 6.07) is 11.7. The molecule has 0 unspecified atom stereocenters. The molecule has 4 nitrogen and oxygen atoms in total. The van der Waals surface area contributed by atoms with Crippen LogP contribution < -0.4 is 0 Å². The van der Waals surface area contributed by atoms with Crippen LogP contribution in [0.2, 0.25) is 0 Å². The third-order valence-electron chi connectivity index (χ3n) is 3.67. The summed E-state index contributed by atoms with van der Waals surface area (Å²) in [5.41, 5.74) is 2.46. The molecule has 0 saturated carbocycles. The van der Waals surface area contributed by atoms with Gasteiger partial charge in [0.25, 0.3) is 0 Å². The zero-order valence-corrected chi connectivity index (χ0v) is 12.2. The largest absolute Gasteiger partial charge is 0.292 e. The molecule has 0 aliphatic heterocycles. The maximum absolute atomic E-state index is 12.6. The van der Waals surface area contributed by atoms with Crippen molar-refractivity contribution in [2.24, 2.45) is 7.05 Å². The fourth-order valence-corrected chi connectivity index (χ4v) is 2.50. The molecule has 0 aliphatic carbocycles. The number of carbonyl (C=O) groups excluding carboxylic acids is 1. The SMILES string of the molecule is CCc1cc(CC(=O)c2nccc3ccccc23)n(C)n1. The van der Waals surface area contributed by atoms with Crippen LogP contribution in [0.5, 0.6) is 0 Å². The van der Waals surface area contributed by atoms with Crippen molar-refractivity contribution in [2.45, 2.75) is 19.8 Å². The van der Waals surface area contributed by atoms with Gasteiger partial charge in [-0.05, 0) is 23.9 Å². The summed E-state index contributed by atoms with van der Waals surface area (Å²) in [5, 5.41) is 6.32. The quantitative estimate of drug-likeness (QED) is 0.690. The van der Waals surface area contributed by atoms with E-state index in [0.717, 1.165) is 28.6 Å². The fourth-order valence-electron chi connectivity index (χ4n) is 2.50. The molecule has 0 spiro atoms. The molecule has 0 amide bonds. The van der Waals surface area contributed by atoms with Crippen molar-refractivity contribution >= 4 is 16.6 Å². The van der Waals surface area contributed by atoms with Gasteiger partial charge in [0.15, 0.2) is 5.78 Å². The molecule has 0 radical (unpaired) electrons. The van der Waals surface area contributed by atoms with Crippen LogP contribution in [0.4, 0.5) is 0 Å². The summed E-state index contributed by atoms with van der Waals surface area (Å²) in [5.74, 6) is 0.0254. The summed E-state index contributed by atoms with van der Waals surface area (Å²) in [6.07, 6.45) is 2.88. The standard InChI is InChI=1S/C17H17N3O/c1-3-13-10-14(20(2)19-13)11-16(21)17-15-7-5-4-6-12(15)8-9-18-17/h4-10H,3,11H2,1-2H3. The van der Waals surface area contributed by atoms with E-state index in [0.29, 0.717) is 12.1 Å². The minimum atomic E-state index is 0.0254. The highest BCUT2D eigenvalue weighted by molar-refractivity contribution is 6.06. The van der Waals surface area contributed by atoms with E-state index in [2.05, 4.69) is 17.0 Å². The first kappa shape index (κ1) is 13.5. The summed E-state index contributed by atoms with van der Waals surface area (Å²) in [4.78, 5) is 16.9. The number of nitrogens with zero attached hydrogens (tertiary/aromatic N) is 3. The Balaban J connectivity index is 1.95. The van der Waals surface area contributed by atoms with E-state index >= 15 is 0 Å². The lowest BCUT2D eigenvalue weighted by Crippen LogP contribution is -2.10. The monoisotopic (exact) mass is 279 g/mol. The van der Waals surface area contributed by atoms with Crippen LogP contribution in [0, 0.1) is 0 Å². The molecule has 0 N–H and O–H groups in total. The third-order valence-corrected chi connectivity index (χ3v) is 3.67. The van der Waals surface area contributed by atoms with Crippen molar-refractivity contribution in [1.82, 2.24) is 14.8 Å². The summed E-state index contributed by atoms with van der Waals surface area (Å²) >= 11 is 0. The van der Waals surface area contributed by atoms with Gasteiger partial charge in [-0.15, -0.1) is 0 Å². The van der Waals surface area contributed by atoms with Crippen molar-refractivity contribution in [1.29, 1.82) is 0 Å². The summed E-state index contributed by atoms with van der Waals surface area (Å²) in [7, 11) is 1.87. The van der Waals surface area contributed by atoms with Gasteiger partial charge in [-0.2, -0.15) is 5.10 Å². The van der Waals surface area contributed by atoms with Crippen LogP contribution in [-0.4, -0.2) is 20.5 Å². The van der Waals surface area contributed by atoms with Crippen LogP contribution in [0.1, 0.15) is 28.8 Å². The van der Waals surface area contributed by atoms with E-state index < -0.39 is 0 Å². The first-order valence-electron chi connectivity index (χ1n) is 7.07.